The van der Waals surface area contributed by atoms with Gasteiger partial charge in [-0.05, 0) is 30.7 Å². The van der Waals surface area contributed by atoms with Gasteiger partial charge >= 0.3 is 0 Å². The average Bonchev–Trinajstić information content (AvgIpc) is 3.01. The van der Waals surface area contributed by atoms with Gasteiger partial charge in [0.1, 0.15) is 5.75 Å². The molecule has 1 saturated carbocycles. The van der Waals surface area contributed by atoms with Gasteiger partial charge in [0, 0.05) is 6.54 Å². The van der Waals surface area contributed by atoms with E-state index in [4.69, 9.17) is 10.5 Å². The van der Waals surface area contributed by atoms with E-state index in [1.54, 1.807) is 11.8 Å². The fraction of sp³-hybridized carbons (Fsp3) is 0.455. The fourth-order valence-corrected chi connectivity index (χ4v) is 2.14. The van der Waals surface area contributed by atoms with Gasteiger partial charge in [0.15, 0.2) is 0 Å². The van der Waals surface area contributed by atoms with Gasteiger partial charge in [-0.1, -0.05) is 12.1 Å². The zero-order chi connectivity index (χ0) is 9.97. The molecule has 0 saturated heterocycles. The van der Waals surface area contributed by atoms with Gasteiger partial charge in [0.05, 0.1) is 11.0 Å². The highest BCUT2D eigenvalue weighted by Crippen LogP contribution is 2.35. The number of hydrogen-bond acceptors (Lipinski definition) is 3. The second-order valence-corrected chi connectivity index (χ2v) is 4.29. The summed E-state index contributed by atoms with van der Waals surface area (Å²) in [6.45, 7) is 0.581. The first-order valence-corrected chi connectivity index (χ1v) is 6.10. The van der Waals surface area contributed by atoms with Gasteiger partial charge in [0.2, 0.25) is 0 Å². The summed E-state index contributed by atoms with van der Waals surface area (Å²) in [6.07, 6.45) is 4.91. The Kier molecular flexibility index (Phi) is 2.99. The molecule has 1 aromatic carbocycles. The minimum absolute atomic E-state index is 0.453. The quantitative estimate of drug-likeness (QED) is 0.773. The number of hydrogen-bond donors (Lipinski definition) is 1. The topological polar surface area (TPSA) is 35.2 Å². The number of nitrogens with two attached hydrogens (primary N) is 1. The Morgan fingerprint density at radius 3 is 2.86 bits per heavy atom. The fourth-order valence-electron chi connectivity index (χ4n) is 1.41. The van der Waals surface area contributed by atoms with Crippen molar-refractivity contribution >= 4 is 11.8 Å². The third-order valence-electron chi connectivity index (χ3n) is 2.30. The van der Waals surface area contributed by atoms with Crippen molar-refractivity contribution in [2.45, 2.75) is 30.4 Å². The lowest BCUT2D eigenvalue weighted by atomic mass is 10.2. The van der Waals surface area contributed by atoms with Crippen molar-refractivity contribution in [3.8, 4) is 5.75 Å². The van der Waals surface area contributed by atoms with E-state index >= 15 is 0 Å². The third-order valence-corrected chi connectivity index (χ3v) is 3.17. The first-order valence-electron chi connectivity index (χ1n) is 4.87. The molecular weight excluding hydrogens is 194 g/mol. The Morgan fingerprint density at radius 1 is 1.50 bits per heavy atom. The second kappa shape index (κ2) is 4.24. The van der Waals surface area contributed by atoms with E-state index in [2.05, 4.69) is 12.3 Å². The van der Waals surface area contributed by atoms with Crippen molar-refractivity contribution in [2.24, 2.45) is 5.73 Å². The summed E-state index contributed by atoms with van der Waals surface area (Å²) in [7, 11) is 0. The lowest BCUT2D eigenvalue weighted by Crippen LogP contribution is -2.02. The molecule has 0 heterocycles. The molecule has 2 nitrogen and oxygen atoms in total. The van der Waals surface area contributed by atoms with E-state index in [1.165, 1.54) is 23.3 Å². The summed E-state index contributed by atoms with van der Waals surface area (Å²) in [4.78, 5) is 1.20. The van der Waals surface area contributed by atoms with Crippen molar-refractivity contribution in [1.29, 1.82) is 0 Å². The van der Waals surface area contributed by atoms with Gasteiger partial charge in [-0.15, -0.1) is 11.8 Å². The van der Waals surface area contributed by atoms with E-state index in [0.29, 0.717) is 12.6 Å². The molecule has 0 atom stereocenters. The highest BCUT2D eigenvalue weighted by molar-refractivity contribution is 7.98. The first kappa shape index (κ1) is 9.87. The predicted octanol–water partition coefficient (Wildman–Crippen LogP) is 2.41. The van der Waals surface area contributed by atoms with Crippen LogP contribution in [0.2, 0.25) is 0 Å². The monoisotopic (exact) mass is 209 g/mol. The molecule has 3 heteroatoms. The Labute approximate surface area is 88.8 Å². The third kappa shape index (κ3) is 2.04. The highest BCUT2D eigenvalue weighted by atomic mass is 32.2. The molecular formula is C11H15NOS. The molecule has 1 aliphatic rings. The summed E-state index contributed by atoms with van der Waals surface area (Å²) in [5.41, 5.74) is 6.85. The molecule has 2 rings (SSSR count). The van der Waals surface area contributed by atoms with Crippen molar-refractivity contribution in [3.05, 3.63) is 23.8 Å². The molecule has 14 heavy (non-hydrogen) atoms. The molecule has 1 aromatic rings. The van der Waals surface area contributed by atoms with Crippen LogP contribution in [-0.2, 0) is 6.54 Å². The van der Waals surface area contributed by atoms with Gasteiger partial charge in [-0.25, -0.2) is 0 Å². The SMILES string of the molecule is CSc1c(CN)cccc1OC1CC1. The second-order valence-electron chi connectivity index (χ2n) is 3.47. The van der Waals surface area contributed by atoms with Gasteiger partial charge in [-0.2, -0.15) is 0 Å². The van der Waals surface area contributed by atoms with Gasteiger partial charge in [0.25, 0.3) is 0 Å². The Balaban J connectivity index is 2.26. The largest absolute Gasteiger partial charge is 0.489 e. The Morgan fingerprint density at radius 2 is 2.29 bits per heavy atom. The summed E-state index contributed by atoms with van der Waals surface area (Å²) in [5.74, 6) is 1.00. The van der Waals surface area contributed by atoms with Crippen LogP contribution in [0.3, 0.4) is 0 Å². The molecule has 2 N–H and O–H groups in total. The molecule has 0 unspecified atom stereocenters. The minimum atomic E-state index is 0.453. The number of benzene rings is 1. The zero-order valence-electron chi connectivity index (χ0n) is 8.32. The van der Waals surface area contributed by atoms with Crippen molar-refractivity contribution in [3.63, 3.8) is 0 Å². The van der Waals surface area contributed by atoms with E-state index < -0.39 is 0 Å². The minimum Gasteiger partial charge on any atom is -0.489 e. The molecule has 1 aliphatic carbocycles. The molecule has 0 bridgehead atoms. The van der Waals surface area contributed by atoms with E-state index in [-0.39, 0.29) is 0 Å². The van der Waals surface area contributed by atoms with Crippen molar-refractivity contribution in [1.82, 2.24) is 0 Å². The van der Waals surface area contributed by atoms with Crippen LogP contribution in [0.1, 0.15) is 18.4 Å². The van der Waals surface area contributed by atoms with Crippen LogP contribution >= 0.6 is 11.8 Å². The van der Waals surface area contributed by atoms with Gasteiger partial charge in [-0.3, -0.25) is 0 Å². The molecule has 0 radical (unpaired) electrons. The van der Waals surface area contributed by atoms with Crippen LogP contribution in [0.15, 0.2) is 23.1 Å². The van der Waals surface area contributed by atoms with Crippen LogP contribution in [0.5, 0.6) is 5.75 Å². The van der Waals surface area contributed by atoms with Crippen LogP contribution in [0.25, 0.3) is 0 Å². The van der Waals surface area contributed by atoms with Crippen molar-refractivity contribution in [2.75, 3.05) is 6.26 Å². The molecule has 1 fully saturated rings. The lowest BCUT2D eigenvalue weighted by Gasteiger charge is -2.12. The number of thioether (sulfide) groups is 1. The van der Waals surface area contributed by atoms with E-state index in [9.17, 15) is 0 Å². The lowest BCUT2D eigenvalue weighted by molar-refractivity contribution is 0.295. The first-order chi connectivity index (χ1) is 6.85. The summed E-state index contributed by atoms with van der Waals surface area (Å²) >= 11 is 1.71. The Hall–Kier alpha value is -0.670. The average molecular weight is 209 g/mol. The standard InChI is InChI=1S/C11H15NOS/c1-14-11-8(7-12)3-2-4-10(11)13-9-5-6-9/h2-4,9H,5-7,12H2,1H3. The normalized spacial score (nSPS) is 15.6. The number of ether oxygens (including phenoxy) is 1. The maximum atomic E-state index is 5.81. The van der Waals surface area contributed by atoms with Crippen LogP contribution in [-0.4, -0.2) is 12.4 Å². The molecule has 76 valence electrons. The molecule has 0 spiro atoms. The van der Waals surface area contributed by atoms with Crippen LogP contribution in [0, 0.1) is 0 Å². The summed E-state index contributed by atoms with van der Waals surface area (Å²) < 4.78 is 5.81. The maximum Gasteiger partial charge on any atom is 0.133 e. The maximum absolute atomic E-state index is 5.81. The van der Waals surface area contributed by atoms with E-state index in [1.807, 2.05) is 12.1 Å². The van der Waals surface area contributed by atoms with Crippen molar-refractivity contribution < 1.29 is 4.74 Å². The zero-order valence-corrected chi connectivity index (χ0v) is 9.14. The molecule has 0 aromatic heterocycles. The smallest absolute Gasteiger partial charge is 0.133 e. The predicted molar refractivity (Wildman–Crippen MR) is 59.8 cm³/mol. The molecule has 0 aliphatic heterocycles. The summed E-state index contributed by atoms with van der Waals surface area (Å²) in [5, 5.41) is 0. The number of rotatable bonds is 4. The summed E-state index contributed by atoms with van der Waals surface area (Å²) in [6, 6.07) is 6.11. The van der Waals surface area contributed by atoms with Gasteiger partial charge < -0.3 is 10.5 Å². The highest BCUT2D eigenvalue weighted by Gasteiger charge is 2.24. The molecule has 0 amide bonds. The van der Waals surface area contributed by atoms with Crippen LogP contribution in [0.4, 0.5) is 0 Å². The van der Waals surface area contributed by atoms with Crippen LogP contribution < -0.4 is 10.5 Å². The Bertz CT molecular complexity index is 323. The van der Waals surface area contributed by atoms with E-state index in [0.717, 1.165) is 5.75 Å².